The maximum absolute atomic E-state index is 7.07. The third kappa shape index (κ3) is 4.92. The van der Waals surface area contributed by atoms with Crippen molar-refractivity contribution in [3.05, 3.63) is 0 Å². The van der Waals surface area contributed by atoms with Crippen LogP contribution in [0.25, 0.3) is 0 Å². The van der Waals surface area contributed by atoms with Crippen molar-refractivity contribution in [1.29, 1.82) is 16.0 Å². The predicted octanol–water partition coefficient (Wildman–Crippen LogP) is -1.24. The van der Waals surface area contributed by atoms with Gasteiger partial charge in [-0.05, 0) is 0 Å². The van der Waals surface area contributed by atoms with E-state index >= 15 is 0 Å². The van der Waals surface area contributed by atoms with Crippen molar-refractivity contribution in [3.8, 4) is 0 Å². The average Bonchev–Trinajstić information content (AvgIpc) is 1.58. The minimum absolute atomic E-state index is 0.294. The summed E-state index contributed by atoms with van der Waals surface area (Å²) < 4.78 is 0. The van der Waals surface area contributed by atoms with Gasteiger partial charge in [0.05, 0.1) is 0 Å². The topological polar surface area (TPSA) is 148 Å². The molecule has 0 bridgehead atoms. The van der Waals surface area contributed by atoms with E-state index in [4.69, 9.17) is 27.4 Å². The summed E-state index contributed by atoms with van der Waals surface area (Å²) in [6, 6.07) is 0. The molecule has 9 N–H and O–H groups in total. The van der Waals surface area contributed by atoms with Gasteiger partial charge in [0.15, 0.2) is 11.9 Å². The Hall–Kier alpha value is -1.23. The fourth-order valence-corrected chi connectivity index (χ4v) is 0.902. The lowest BCUT2D eigenvalue weighted by Gasteiger charge is -2.07. The smallest absolute Gasteiger partial charge is 0.191 e. The van der Waals surface area contributed by atoms with Gasteiger partial charge < -0.3 is 21.6 Å². The van der Waals surface area contributed by atoms with Gasteiger partial charge in [-0.25, -0.2) is 0 Å². The monoisotopic (exact) mass is 163 g/mol. The zero-order valence-corrected chi connectivity index (χ0v) is 6.15. The van der Waals surface area contributed by atoms with Crippen LogP contribution in [0.3, 0.4) is 0 Å². The SMILES string of the molecule is N=C(N)N[PH](=N)NC(=N)N. The van der Waals surface area contributed by atoms with Crippen LogP contribution in [0.5, 0.6) is 0 Å². The van der Waals surface area contributed by atoms with E-state index in [0.717, 1.165) is 0 Å². The Kier molecular flexibility index (Phi) is 3.27. The average molecular weight is 163 g/mol. The Balaban J connectivity index is 3.65. The van der Waals surface area contributed by atoms with E-state index in [-0.39, 0.29) is 11.9 Å². The molecule has 8 heteroatoms. The summed E-state index contributed by atoms with van der Waals surface area (Å²) >= 11 is 0. The van der Waals surface area contributed by atoms with Crippen LogP contribution >= 0.6 is 8.01 Å². The van der Waals surface area contributed by atoms with E-state index in [0.29, 0.717) is 0 Å². The Morgan fingerprint density at radius 2 is 1.40 bits per heavy atom. The number of hydrogen-bond donors (Lipinski definition) is 7. The van der Waals surface area contributed by atoms with Gasteiger partial charge >= 0.3 is 0 Å². The number of rotatable bonds is 2. The Morgan fingerprint density at radius 3 is 1.60 bits per heavy atom. The first-order valence-corrected chi connectivity index (χ1v) is 3.83. The summed E-state index contributed by atoms with van der Waals surface area (Å²) in [5, 5.41) is 25.0. The van der Waals surface area contributed by atoms with Crippen molar-refractivity contribution >= 4 is 19.9 Å². The summed E-state index contributed by atoms with van der Waals surface area (Å²) in [6.07, 6.45) is 0. The molecule has 0 radical (unpaired) electrons. The van der Waals surface area contributed by atoms with Gasteiger partial charge in [-0.3, -0.25) is 16.0 Å². The molecule has 0 aromatic rings. The molecule has 0 atom stereocenters. The van der Waals surface area contributed by atoms with E-state index < -0.39 is 8.01 Å². The highest BCUT2D eigenvalue weighted by Crippen LogP contribution is 2.04. The van der Waals surface area contributed by atoms with Gasteiger partial charge in [-0.15, -0.1) is 0 Å². The molecular weight excluding hydrogens is 153 g/mol. The summed E-state index contributed by atoms with van der Waals surface area (Å²) in [4.78, 5) is 0. The number of guanidine groups is 2. The van der Waals surface area contributed by atoms with Crippen molar-refractivity contribution in [2.45, 2.75) is 0 Å². The molecule has 7 nitrogen and oxygen atoms in total. The summed E-state index contributed by atoms with van der Waals surface area (Å²) in [5.74, 6) is -0.588. The minimum atomic E-state index is -1.94. The molecule has 0 aromatic carbocycles. The quantitative estimate of drug-likeness (QED) is 0.155. The first-order chi connectivity index (χ1) is 4.52. The molecule has 0 saturated carbocycles. The normalized spacial score (nSPS) is 11.6. The van der Waals surface area contributed by atoms with Crippen molar-refractivity contribution in [2.24, 2.45) is 11.5 Å². The standard InChI is InChI=1S/C2H10N7P/c3-1(4)8-10(7)9-2(5)6/h10H,(H9,3,4,5,6,7,8,9). The highest BCUT2D eigenvalue weighted by molar-refractivity contribution is 7.43. The van der Waals surface area contributed by atoms with Gasteiger partial charge in [-0.2, -0.15) is 0 Å². The van der Waals surface area contributed by atoms with Gasteiger partial charge in [0, 0.05) is 0 Å². The number of nitrogens with two attached hydrogens (primary N) is 2. The molecule has 0 amide bonds. The van der Waals surface area contributed by atoms with Crippen LogP contribution in [-0.2, 0) is 0 Å². The van der Waals surface area contributed by atoms with Crippen molar-refractivity contribution in [3.63, 3.8) is 0 Å². The second-order valence-electron chi connectivity index (χ2n) is 1.45. The molecule has 58 valence electrons. The fraction of sp³-hybridized carbons (Fsp3) is 0. The molecule has 0 saturated heterocycles. The highest BCUT2D eigenvalue weighted by atomic mass is 31.1. The fourth-order valence-electron chi connectivity index (χ4n) is 0.301. The second-order valence-corrected chi connectivity index (χ2v) is 2.70. The maximum Gasteiger partial charge on any atom is 0.191 e. The van der Waals surface area contributed by atoms with E-state index in [9.17, 15) is 0 Å². The highest BCUT2D eigenvalue weighted by Gasteiger charge is 1.92. The second kappa shape index (κ2) is 3.73. The Labute approximate surface area is 58.6 Å². The molecular formula is C2H10N7P. The zero-order chi connectivity index (χ0) is 8.15. The predicted molar refractivity (Wildman–Crippen MR) is 41.1 cm³/mol. The van der Waals surface area contributed by atoms with Crippen molar-refractivity contribution in [1.82, 2.24) is 10.2 Å². The lowest BCUT2D eigenvalue weighted by molar-refractivity contribution is 1.23. The van der Waals surface area contributed by atoms with Crippen molar-refractivity contribution in [2.75, 3.05) is 0 Å². The molecule has 0 fully saturated rings. The van der Waals surface area contributed by atoms with E-state index in [1.807, 2.05) is 0 Å². The zero-order valence-electron chi connectivity index (χ0n) is 5.15. The molecule has 0 heterocycles. The van der Waals surface area contributed by atoms with Gasteiger partial charge in [0.25, 0.3) is 0 Å². The van der Waals surface area contributed by atoms with Gasteiger partial charge in [-0.1, -0.05) is 0 Å². The lowest BCUT2D eigenvalue weighted by atomic mass is 11.1. The lowest BCUT2D eigenvalue weighted by Crippen LogP contribution is -2.32. The molecule has 0 rings (SSSR count). The van der Waals surface area contributed by atoms with Crippen LogP contribution in [0.2, 0.25) is 0 Å². The summed E-state index contributed by atoms with van der Waals surface area (Å²) in [7, 11) is -1.94. The Morgan fingerprint density at radius 1 is 1.10 bits per heavy atom. The van der Waals surface area contributed by atoms with E-state index in [1.165, 1.54) is 0 Å². The molecule has 10 heavy (non-hydrogen) atoms. The molecule has 0 spiro atoms. The van der Waals surface area contributed by atoms with Crippen LogP contribution in [0.4, 0.5) is 0 Å². The number of hydrogen-bond acceptors (Lipinski definition) is 3. The van der Waals surface area contributed by atoms with Crippen LogP contribution in [-0.4, -0.2) is 11.9 Å². The first-order valence-electron chi connectivity index (χ1n) is 2.33. The third-order valence-electron chi connectivity index (χ3n) is 0.519. The molecule has 0 aliphatic rings. The molecule has 0 aromatic heterocycles. The van der Waals surface area contributed by atoms with Gasteiger partial charge in [0.2, 0.25) is 0 Å². The van der Waals surface area contributed by atoms with Crippen LogP contribution in [0.1, 0.15) is 0 Å². The minimum Gasteiger partial charge on any atom is -0.370 e. The van der Waals surface area contributed by atoms with E-state index in [2.05, 4.69) is 10.2 Å². The molecule has 0 aliphatic heterocycles. The number of nitrogens with one attached hydrogen (secondary N) is 5. The first kappa shape index (κ1) is 8.77. The third-order valence-corrected chi connectivity index (χ3v) is 1.56. The summed E-state index contributed by atoms with van der Waals surface area (Å²) in [5.41, 5.74) is 9.79. The van der Waals surface area contributed by atoms with E-state index in [1.54, 1.807) is 0 Å². The van der Waals surface area contributed by atoms with Crippen LogP contribution in [0, 0.1) is 16.0 Å². The van der Waals surface area contributed by atoms with Crippen LogP contribution in [0.15, 0.2) is 0 Å². The summed E-state index contributed by atoms with van der Waals surface area (Å²) in [6.45, 7) is 0. The Bertz CT molecular complexity index is 154. The maximum atomic E-state index is 7.07. The van der Waals surface area contributed by atoms with Crippen LogP contribution < -0.4 is 21.6 Å². The molecule has 0 unspecified atom stereocenters. The molecule has 0 aliphatic carbocycles. The largest absolute Gasteiger partial charge is 0.370 e. The van der Waals surface area contributed by atoms with Gasteiger partial charge in [0.1, 0.15) is 8.01 Å². The van der Waals surface area contributed by atoms with Crippen molar-refractivity contribution < 1.29 is 0 Å².